The van der Waals surface area contributed by atoms with Crippen molar-refractivity contribution < 1.29 is 4.79 Å². The number of carbonyl (C=O) groups excluding carboxylic acids is 1. The molecule has 0 spiro atoms. The zero-order valence-electron chi connectivity index (χ0n) is 10.0. The second-order valence-corrected chi connectivity index (χ2v) is 5.83. The fourth-order valence-corrected chi connectivity index (χ4v) is 3.07. The number of carbonyl (C=O) groups is 1. The maximum absolute atomic E-state index is 11.7. The summed E-state index contributed by atoms with van der Waals surface area (Å²) in [5, 5.41) is 7.03. The molecule has 1 aliphatic carbocycles. The van der Waals surface area contributed by atoms with Crippen molar-refractivity contribution in [3.8, 4) is 0 Å². The van der Waals surface area contributed by atoms with Gasteiger partial charge < -0.3 is 10.6 Å². The van der Waals surface area contributed by atoms with Gasteiger partial charge in [0.2, 0.25) is 5.91 Å². The molecule has 1 saturated carbocycles. The van der Waals surface area contributed by atoms with Crippen LogP contribution >= 0.6 is 11.8 Å². The van der Waals surface area contributed by atoms with E-state index in [-0.39, 0.29) is 5.91 Å². The average molecular weight is 243 g/mol. The lowest BCUT2D eigenvalue weighted by Gasteiger charge is -2.27. The highest BCUT2D eigenvalue weighted by Gasteiger charge is 2.31. The van der Waals surface area contributed by atoms with Crippen LogP contribution in [0.4, 0.5) is 0 Å². The Bertz CT molecular complexity index is 258. The Morgan fingerprint density at radius 1 is 1.50 bits per heavy atom. The van der Waals surface area contributed by atoms with E-state index in [0.29, 0.717) is 23.9 Å². The molecule has 2 N–H and O–H groups in total. The van der Waals surface area contributed by atoms with Crippen LogP contribution in [-0.2, 0) is 4.79 Å². The van der Waals surface area contributed by atoms with Gasteiger partial charge >= 0.3 is 0 Å². The van der Waals surface area contributed by atoms with Crippen molar-refractivity contribution >= 4 is 17.7 Å². The third kappa shape index (κ3) is 3.12. The van der Waals surface area contributed by atoms with Gasteiger partial charge in [-0.05, 0) is 26.1 Å². The van der Waals surface area contributed by atoms with Gasteiger partial charge in [-0.2, -0.15) is 11.8 Å². The molecule has 1 aliphatic heterocycles. The topological polar surface area (TPSA) is 44.4 Å². The molecule has 2 fully saturated rings. The molecule has 2 unspecified atom stereocenters. The van der Waals surface area contributed by atoms with Crippen LogP contribution in [0.1, 0.15) is 12.8 Å². The lowest BCUT2D eigenvalue weighted by molar-refractivity contribution is -0.122. The number of rotatable bonds is 5. The van der Waals surface area contributed by atoms with Crippen molar-refractivity contribution in [3.05, 3.63) is 0 Å². The predicted molar refractivity (Wildman–Crippen MR) is 67.8 cm³/mol. The first kappa shape index (κ1) is 12.2. The number of thioether (sulfide) groups is 1. The Morgan fingerprint density at radius 2 is 2.25 bits per heavy atom. The minimum Gasteiger partial charge on any atom is -0.352 e. The summed E-state index contributed by atoms with van der Waals surface area (Å²) in [7, 11) is 2.05. The van der Waals surface area contributed by atoms with E-state index in [1.54, 1.807) is 0 Å². The largest absolute Gasteiger partial charge is 0.352 e. The smallest absolute Gasteiger partial charge is 0.234 e. The van der Waals surface area contributed by atoms with E-state index in [9.17, 15) is 4.79 Å². The molecule has 1 saturated heterocycles. The summed E-state index contributed by atoms with van der Waals surface area (Å²) in [5.41, 5.74) is 0. The molecule has 16 heavy (non-hydrogen) atoms. The second-order valence-electron chi connectivity index (χ2n) is 4.76. The fourth-order valence-electron chi connectivity index (χ4n) is 2.17. The molecule has 0 aromatic heterocycles. The quantitative estimate of drug-likeness (QED) is 0.708. The van der Waals surface area contributed by atoms with Crippen LogP contribution in [0.25, 0.3) is 0 Å². The maximum atomic E-state index is 11.7. The number of nitrogens with zero attached hydrogens (tertiary/aromatic N) is 1. The van der Waals surface area contributed by atoms with Crippen LogP contribution in [0.3, 0.4) is 0 Å². The minimum absolute atomic E-state index is 0.178. The molecule has 0 aromatic rings. The van der Waals surface area contributed by atoms with Crippen LogP contribution in [0.2, 0.25) is 0 Å². The van der Waals surface area contributed by atoms with E-state index in [0.717, 1.165) is 25.9 Å². The van der Waals surface area contributed by atoms with E-state index in [1.807, 2.05) is 18.8 Å². The molecule has 92 valence electrons. The SMILES string of the molecule is CSC1CNCC1N(C)CC(=O)NC1CC1. The summed E-state index contributed by atoms with van der Waals surface area (Å²) >= 11 is 1.89. The highest BCUT2D eigenvalue weighted by molar-refractivity contribution is 7.99. The van der Waals surface area contributed by atoms with Gasteiger partial charge in [0, 0.05) is 30.4 Å². The van der Waals surface area contributed by atoms with Crippen molar-refractivity contribution in [1.29, 1.82) is 0 Å². The Kier molecular flexibility index (Phi) is 4.10. The van der Waals surface area contributed by atoms with E-state index in [2.05, 4.69) is 21.8 Å². The Labute approximate surface area is 102 Å². The number of hydrogen-bond donors (Lipinski definition) is 2. The van der Waals surface area contributed by atoms with Crippen LogP contribution in [0.5, 0.6) is 0 Å². The fraction of sp³-hybridized carbons (Fsp3) is 0.909. The molecule has 5 heteroatoms. The zero-order chi connectivity index (χ0) is 11.5. The Morgan fingerprint density at radius 3 is 2.88 bits per heavy atom. The van der Waals surface area contributed by atoms with E-state index in [1.165, 1.54) is 0 Å². The highest BCUT2D eigenvalue weighted by Crippen LogP contribution is 2.20. The van der Waals surface area contributed by atoms with Crippen molar-refractivity contribution in [2.45, 2.75) is 30.2 Å². The number of amides is 1. The lowest BCUT2D eigenvalue weighted by Crippen LogP contribution is -2.45. The molecule has 2 atom stereocenters. The zero-order valence-corrected chi connectivity index (χ0v) is 10.8. The second kappa shape index (κ2) is 5.38. The maximum Gasteiger partial charge on any atom is 0.234 e. The van der Waals surface area contributed by atoms with Crippen molar-refractivity contribution in [2.75, 3.05) is 32.9 Å². The molecule has 2 aliphatic rings. The Hall–Kier alpha value is -0.260. The number of hydrogen-bond acceptors (Lipinski definition) is 4. The predicted octanol–water partition coefficient (Wildman–Crippen LogP) is -0.0998. The highest BCUT2D eigenvalue weighted by atomic mass is 32.2. The molecule has 0 radical (unpaired) electrons. The van der Waals surface area contributed by atoms with Gasteiger partial charge in [0.15, 0.2) is 0 Å². The summed E-state index contributed by atoms with van der Waals surface area (Å²) in [6, 6.07) is 0.957. The molecule has 4 nitrogen and oxygen atoms in total. The van der Waals surface area contributed by atoms with Crippen LogP contribution in [0.15, 0.2) is 0 Å². The van der Waals surface area contributed by atoms with Gasteiger partial charge in [0.25, 0.3) is 0 Å². The first-order valence-electron chi connectivity index (χ1n) is 5.94. The standard InChI is InChI=1S/C11H21N3OS/c1-14(7-11(15)13-8-3-4-8)9-5-12-6-10(9)16-2/h8-10,12H,3-7H2,1-2H3,(H,13,15). The molecular weight excluding hydrogens is 222 g/mol. The summed E-state index contributed by atoms with van der Waals surface area (Å²) in [6.07, 6.45) is 4.46. The minimum atomic E-state index is 0.178. The van der Waals surface area contributed by atoms with E-state index >= 15 is 0 Å². The third-order valence-corrected chi connectivity index (χ3v) is 4.42. The van der Waals surface area contributed by atoms with Crippen LogP contribution in [0, 0.1) is 0 Å². The lowest BCUT2D eigenvalue weighted by atomic mass is 10.2. The van der Waals surface area contributed by atoms with E-state index < -0.39 is 0 Å². The monoisotopic (exact) mass is 243 g/mol. The molecule has 0 aromatic carbocycles. The number of nitrogens with one attached hydrogen (secondary N) is 2. The van der Waals surface area contributed by atoms with Gasteiger partial charge in [-0.1, -0.05) is 0 Å². The first-order valence-corrected chi connectivity index (χ1v) is 7.22. The summed E-state index contributed by atoms with van der Waals surface area (Å²) in [6.45, 7) is 2.58. The van der Waals surface area contributed by atoms with Crippen LogP contribution in [-0.4, -0.2) is 61.1 Å². The molecular formula is C11H21N3OS. The molecule has 2 rings (SSSR count). The van der Waals surface area contributed by atoms with Gasteiger partial charge in [-0.15, -0.1) is 0 Å². The van der Waals surface area contributed by atoms with Crippen molar-refractivity contribution in [2.24, 2.45) is 0 Å². The summed E-state index contributed by atoms with van der Waals surface area (Å²) in [4.78, 5) is 13.9. The molecule has 1 amide bonds. The summed E-state index contributed by atoms with van der Waals surface area (Å²) in [5.74, 6) is 0.178. The molecule has 1 heterocycles. The number of likely N-dealkylation sites (N-methyl/N-ethyl adjacent to an activating group) is 1. The van der Waals surface area contributed by atoms with Crippen molar-refractivity contribution in [3.63, 3.8) is 0 Å². The first-order chi connectivity index (χ1) is 7.70. The van der Waals surface area contributed by atoms with Gasteiger partial charge in [0.1, 0.15) is 0 Å². The third-order valence-electron chi connectivity index (χ3n) is 3.33. The van der Waals surface area contributed by atoms with E-state index in [4.69, 9.17) is 0 Å². The van der Waals surface area contributed by atoms with Gasteiger partial charge in [0.05, 0.1) is 6.54 Å². The van der Waals surface area contributed by atoms with Crippen LogP contribution < -0.4 is 10.6 Å². The Balaban J connectivity index is 1.76. The normalized spacial score (nSPS) is 29.7. The molecule has 0 bridgehead atoms. The van der Waals surface area contributed by atoms with Crippen molar-refractivity contribution in [1.82, 2.24) is 15.5 Å². The van der Waals surface area contributed by atoms with Gasteiger partial charge in [-0.25, -0.2) is 0 Å². The summed E-state index contributed by atoms with van der Waals surface area (Å²) < 4.78 is 0. The van der Waals surface area contributed by atoms with Gasteiger partial charge in [-0.3, -0.25) is 9.69 Å². The average Bonchev–Trinajstić information content (AvgIpc) is 2.93.